The quantitative estimate of drug-likeness (QED) is 0.565. The second-order valence-corrected chi connectivity index (χ2v) is 8.77. The Kier molecular flexibility index (Phi) is 5.81. The minimum atomic E-state index is -1.31. The smallest absolute Gasteiger partial charge is 0.325 e. The zero-order valence-corrected chi connectivity index (χ0v) is 18.7. The number of nitrogens with zero attached hydrogens (tertiary/aromatic N) is 1. The molecule has 2 aromatic carbocycles. The van der Waals surface area contributed by atoms with Gasteiger partial charge in [0, 0.05) is 5.56 Å². The normalized spacial score (nSPS) is 18.7. The SMILES string of the molecule is COc1ccc(C2(C)NC(=O)N(CC(=O)c3ccc(C(C)(C)C)cc3)C2=O)cc1OC. The van der Waals surface area contributed by atoms with Crippen molar-refractivity contribution < 1.29 is 23.9 Å². The first-order valence-electron chi connectivity index (χ1n) is 10.0. The van der Waals surface area contributed by atoms with Crippen LogP contribution < -0.4 is 14.8 Å². The average molecular weight is 424 g/mol. The fraction of sp³-hybridized carbons (Fsp3) is 0.375. The maximum atomic E-state index is 13.2. The molecule has 0 aliphatic carbocycles. The van der Waals surface area contributed by atoms with E-state index in [0.717, 1.165) is 10.5 Å². The summed E-state index contributed by atoms with van der Waals surface area (Å²) in [6.07, 6.45) is 0. The molecule has 3 amide bonds. The molecule has 1 unspecified atom stereocenters. The molecule has 0 aromatic heterocycles. The number of hydrogen-bond donors (Lipinski definition) is 1. The third kappa shape index (κ3) is 4.13. The number of methoxy groups -OCH3 is 2. The zero-order valence-electron chi connectivity index (χ0n) is 18.7. The summed E-state index contributed by atoms with van der Waals surface area (Å²) in [6.45, 7) is 7.55. The summed E-state index contributed by atoms with van der Waals surface area (Å²) in [6, 6.07) is 11.7. The standard InChI is InChI=1S/C24H28N2O5/c1-23(2,3)16-9-7-15(8-10-16)18(27)14-26-21(28)24(4,25-22(26)29)17-11-12-19(30-5)20(13-17)31-6/h7-13H,14H2,1-6H3,(H,25,29). The van der Waals surface area contributed by atoms with Gasteiger partial charge in [0.15, 0.2) is 17.3 Å². The van der Waals surface area contributed by atoms with Crippen LogP contribution in [0.5, 0.6) is 11.5 Å². The number of ketones is 1. The molecule has 3 rings (SSSR count). The Balaban J connectivity index is 1.82. The molecule has 1 aliphatic rings. The number of benzene rings is 2. The van der Waals surface area contributed by atoms with Gasteiger partial charge in [0.2, 0.25) is 0 Å². The van der Waals surface area contributed by atoms with Crippen molar-refractivity contribution in [3.63, 3.8) is 0 Å². The molecule has 7 nitrogen and oxygen atoms in total. The molecule has 1 saturated heterocycles. The van der Waals surface area contributed by atoms with Gasteiger partial charge in [0.1, 0.15) is 5.54 Å². The van der Waals surface area contributed by atoms with E-state index in [1.807, 2.05) is 12.1 Å². The minimum Gasteiger partial charge on any atom is -0.493 e. The van der Waals surface area contributed by atoms with Gasteiger partial charge in [-0.05, 0) is 35.6 Å². The van der Waals surface area contributed by atoms with Crippen molar-refractivity contribution >= 4 is 17.7 Å². The predicted molar refractivity (Wildman–Crippen MR) is 117 cm³/mol. The molecule has 164 valence electrons. The second-order valence-electron chi connectivity index (χ2n) is 8.77. The minimum absolute atomic E-state index is 0.0341. The number of carbonyl (C=O) groups is 3. The van der Waals surface area contributed by atoms with Crippen molar-refractivity contribution in [3.8, 4) is 11.5 Å². The van der Waals surface area contributed by atoms with Gasteiger partial charge in [-0.2, -0.15) is 0 Å². The molecule has 1 N–H and O–H groups in total. The topological polar surface area (TPSA) is 84.9 Å². The van der Waals surface area contributed by atoms with Crippen LogP contribution >= 0.6 is 0 Å². The molecule has 1 atom stereocenters. The number of amides is 3. The Morgan fingerprint density at radius 2 is 1.61 bits per heavy atom. The van der Waals surface area contributed by atoms with Crippen molar-refractivity contribution in [2.75, 3.05) is 20.8 Å². The maximum absolute atomic E-state index is 13.2. The molecule has 0 bridgehead atoms. The lowest BCUT2D eigenvalue weighted by molar-refractivity contribution is -0.130. The molecule has 2 aromatic rings. The summed E-state index contributed by atoms with van der Waals surface area (Å²) in [7, 11) is 3.01. The lowest BCUT2D eigenvalue weighted by Gasteiger charge is -2.23. The van der Waals surface area contributed by atoms with E-state index < -0.39 is 17.5 Å². The zero-order chi connectivity index (χ0) is 23.0. The highest BCUT2D eigenvalue weighted by molar-refractivity contribution is 6.11. The third-order valence-corrected chi connectivity index (χ3v) is 5.61. The second kappa shape index (κ2) is 8.06. The van der Waals surface area contributed by atoms with Crippen LogP contribution in [0.25, 0.3) is 0 Å². The van der Waals surface area contributed by atoms with Crippen molar-refractivity contribution in [3.05, 3.63) is 59.2 Å². The molecule has 1 heterocycles. The Bertz CT molecular complexity index is 1020. The Morgan fingerprint density at radius 1 is 1.00 bits per heavy atom. The Labute approximate surface area is 182 Å². The summed E-state index contributed by atoms with van der Waals surface area (Å²) in [5.74, 6) is 0.152. The number of urea groups is 1. The molecular formula is C24H28N2O5. The van der Waals surface area contributed by atoms with E-state index in [2.05, 4.69) is 26.1 Å². The molecule has 31 heavy (non-hydrogen) atoms. The van der Waals surface area contributed by atoms with E-state index in [4.69, 9.17) is 9.47 Å². The van der Waals surface area contributed by atoms with E-state index in [1.54, 1.807) is 37.3 Å². The highest BCUT2D eigenvalue weighted by Gasteiger charge is 2.49. The van der Waals surface area contributed by atoms with E-state index in [0.29, 0.717) is 22.6 Å². The van der Waals surface area contributed by atoms with Crippen LogP contribution in [0.15, 0.2) is 42.5 Å². The average Bonchev–Trinajstić information content (AvgIpc) is 2.96. The fourth-order valence-corrected chi connectivity index (χ4v) is 3.57. The number of hydrogen-bond acceptors (Lipinski definition) is 5. The summed E-state index contributed by atoms with van der Waals surface area (Å²) >= 11 is 0. The molecule has 1 fully saturated rings. The molecule has 0 spiro atoms. The van der Waals surface area contributed by atoms with Crippen LogP contribution in [0.3, 0.4) is 0 Å². The number of nitrogens with one attached hydrogen (secondary N) is 1. The number of ether oxygens (including phenoxy) is 2. The van der Waals surface area contributed by atoms with E-state index in [9.17, 15) is 14.4 Å². The summed E-state index contributed by atoms with van der Waals surface area (Å²) in [4.78, 5) is 39.5. The third-order valence-electron chi connectivity index (χ3n) is 5.61. The van der Waals surface area contributed by atoms with Gasteiger partial charge >= 0.3 is 6.03 Å². The number of rotatable bonds is 6. The van der Waals surface area contributed by atoms with Gasteiger partial charge in [-0.15, -0.1) is 0 Å². The highest BCUT2D eigenvalue weighted by Crippen LogP contribution is 2.35. The van der Waals surface area contributed by atoms with Crippen molar-refractivity contribution in [1.29, 1.82) is 0 Å². The van der Waals surface area contributed by atoms with Gasteiger partial charge in [-0.1, -0.05) is 51.1 Å². The first kappa shape index (κ1) is 22.3. The van der Waals surface area contributed by atoms with Gasteiger partial charge in [-0.25, -0.2) is 4.79 Å². The van der Waals surface area contributed by atoms with Gasteiger partial charge in [0.25, 0.3) is 5.91 Å². The number of imide groups is 1. The lowest BCUT2D eigenvalue weighted by Crippen LogP contribution is -2.41. The molecule has 1 aliphatic heterocycles. The van der Waals surface area contributed by atoms with Crippen LogP contribution in [0, 0.1) is 0 Å². The summed E-state index contributed by atoms with van der Waals surface area (Å²) < 4.78 is 10.5. The van der Waals surface area contributed by atoms with Gasteiger partial charge in [0.05, 0.1) is 20.8 Å². The monoisotopic (exact) mass is 424 g/mol. The van der Waals surface area contributed by atoms with Crippen LogP contribution in [0.4, 0.5) is 4.79 Å². The van der Waals surface area contributed by atoms with Gasteiger partial charge in [-0.3, -0.25) is 14.5 Å². The van der Waals surface area contributed by atoms with Crippen molar-refractivity contribution in [2.24, 2.45) is 0 Å². The molecular weight excluding hydrogens is 396 g/mol. The number of carbonyl (C=O) groups excluding carboxylic acids is 3. The maximum Gasteiger partial charge on any atom is 0.325 e. The van der Waals surface area contributed by atoms with Crippen LogP contribution in [0.2, 0.25) is 0 Å². The Morgan fingerprint density at radius 3 is 2.16 bits per heavy atom. The van der Waals surface area contributed by atoms with Crippen molar-refractivity contribution in [2.45, 2.75) is 38.6 Å². The number of Topliss-reactive ketones (excluding diaryl/α,β-unsaturated/α-hetero) is 1. The fourth-order valence-electron chi connectivity index (χ4n) is 3.57. The largest absolute Gasteiger partial charge is 0.493 e. The summed E-state index contributed by atoms with van der Waals surface area (Å²) in [5, 5.41) is 2.71. The molecule has 7 heteroatoms. The van der Waals surface area contributed by atoms with Crippen LogP contribution in [-0.4, -0.2) is 43.4 Å². The first-order chi connectivity index (χ1) is 14.5. The lowest BCUT2D eigenvalue weighted by atomic mass is 9.86. The summed E-state index contributed by atoms with van der Waals surface area (Å²) in [5.41, 5.74) is 0.738. The van der Waals surface area contributed by atoms with Gasteiger partial charge < -0.3 is 14.8 Å². The molecule has 0 radical (unpaired) electrons. The first-order valence-corrected chi connectivity index (χ1v) is 10.0. The van der Waals surface area contributed by atoms with E-state index in [1.165, 1.54) is 14.2 Å². The predicted octanol–water partition coefficient (Wildman–Crippen LogP) is 3.65. The van der Waals surface area contributed by atoms with Crippen LogP contribution in [0.1, 0.15) is 49.2 Å². The van der Waals surface area contributed by atoms with E-state index >= 15 is 0 Å². The van der Waals surface area contributed by atoms with Crippen LogP contribution in [-0.2, 0) is 15.7 Å². The van der Waals surface area contributed by atoms with Crippen molar-refractivity contribution in [1.82, 2.24) is 10.2 Å². The highest BCUT2D eigenvalue weighted by atomic mass is 16.5. The van der Waals surface area contributed by atoms with E-state index in [-0.39, 0.29) is 17.7 Å². The molecule has 0 saturated carbocycles. The Hall–Kier alpha value is -3.35.